The van der Waals surface area contributed by atoms with Crippen molar-refractivity contribution < 1.29 is 20.1 Å². The van der Waals surface area contributed by atoms with E-state index >= 15 is 0 Å². The van der Waals surface area contributed by atoms with Crippen LogP contribution in [0.5, 0.6) is 0 Å². The normalized spacial score (nSPS) is 28.1. The van der Waals surface area contributed by atoms with Gasteiger partial charge in [-0.1, -0.05) is 5.92 Å². The lowest BCUT2D eigenvalue weighted by atomic mass is 10.1. The summed E-state index contributed by atoms with van der Waals surface area (Å²) in [6.07, 6.45) is 2.15. The lowest BCUT2D eigenvalue weighted by molar-refractivity contribution is -0.0511. The second-order valence-corrected chi connectivity index (χ2v) is 4.95. The van der Waals surface area contributed by atoms with Crippen LogP contribution in [0.15, 0.2) is 11.1 Å². The zero-order valence-electron chi connectivity index (χ0n) is 11.4. The number of ether oxygens (including phenoxy) is 1. The molecule has 9 nitrogen and oxygen atoms in total. The summed E-state index contributed by atoms with van der Waals surface area (Å²) >= 11 is 0. The second-order valence-electron chi connectivity index (χ2n) is 4.95. The highest BCUT2D eigenvalue weighted by molar-refractivity contribution is 5.69. The summed E-state index contributed by atoms with van der Waals surface area (Å²) in [7, 11) is 0. The quantitative estimate of drug-likeness (QED) is 0.478. The van der Waals surface area contributed by atoms with E-state index in [2.05, 4.69) is 20.9 Å². The van der Waals surface area contributed by atoms with Crippen molar-refractivity contribution in [1.29, 1.82) is 0 Å². The number of H-pyrrole nitrogens is 1. The average molecular weight is 306 g/mol. The molecule has 1 saturated heterocycles. The molecule has 3 heterocycles. The maximum atomic E-state index is 11.9. The van der Waals surface area contributed by atoms with Crippen LogP contribution in [-0.2, 0) is 11.2 Å². The Morgan fingerprint density at radius 2 is 2.23 bits per heavy atom. The summed E-state index contributed by atoms with van der Waals surface area (Å²) in [5, 5.41) is 29.0. The lowest BCUT2D eigenvalue weighted by Crippen LogP contribution is -2.33. The van der Waals surface area contributed by atoms with Gasteiger partial charge in [0.1, 0.15) is 24.1 Å². The minimum atomic E-state index is -1.29. The number of hydrogen-bond acceptors (Lipinski definition) is 7. The molecule has 0 unspecified atom stereocenters. The number of aromatic nitrogens is 4. The molecule has 2 aromatic heterocycles. The van der Waals surface area contributed by atoms with Crippen LogP contribution in [0.2, 0.25) is 0 Å². The number of aromatic amines is 1. The van der Waals surface area contributed by atoms with Crippen molar-refractivity contribution in [1.82, 2.24) is 19.5 Å². The molecule has 9 heteroatoms. The molecule has 0 radical (unpaired) electrons. The molecule has 0 aliphatic carbocycles. The Hall–Kier alpha value is -2.25. The predicted octanol–water partition coefficient (Wildman–Crippen LogP) is -2.09. The minimum absolute atomic E-state index is 0.0681. The van der Waals surface area contributed by atoms with E-state index in [0.29, 0.717) is 0 Å². The zero-order chi connectivity index (χ0) is 15.9. The predicted molar refractivity (Wildman–Crippen MR) is 73.7 cm³/mol. The molecule has 1 aliphatic rings. The van der Waals surface area contributed by atoms with Gasteiger partial charge in [-0.2, -0.15) is 0 Å². The van der Waals surface area contributed by atoms with Crippen LogP contribution in [0.25, 0.3) is 11.2 Å². The molecule has 0 bridgehead atoms. The largest absolute Gasteiger partial charge is 0.394 e. The minimum Gasteiger partial charge on any atom is -0.394 e. The standard InChI is InChI=1S/C13H14N4O5/c1-2-3-7-15-11-8(12(21)16-7)14-5-17(11)13-10(20)9(19)6(4-18)22-13/h1,5-6,9-10,13,18-20H,3-4H2,(H,15,16,21)/t6-,9-,10-,13-/m1/s1. The van der Waals surface area contributed by atoms with Gasteiger partial charge in [0.25, 0.3) is 5.56 Å². The Morgan fingerprint density at radius 1 is 1.45 bits per heavy atom. The third-order valence-corrected chi connectivity index (χ3v) is 3.54. The molecule has 0 aromatic carbocycles. The number of rotatable bonds is 3. The van der Waals surface area contributed by atoms with Gasteiger partial charge in [-0.05, 0) is 0 Å². The fraction of sp³-hybridized carbons (Fsp3) is 0.462. The molecular weight excluding hydrogens is 292 g/mol. The van der Waals surface area contributed by atoms with Crippen LogP contribution in [0.1, 0.15) is 12.1 Å². The van der Waals surface area contributed by atoms with Crippen molar-refractivity contribution in [3.05, 3.63) is 22.5 Å². The Bertz CT molecular complexity index is 792. The van der Waals surface area contributed by atoms with Crippen LogP contribution in [-0.4, -0.2) is 59.8 Å². The van der Waals surface area contributed by atoms with E-state index in [-0.39, 0.29) is 23.4 Å². The van der Waals surface area contributed by atoms with Gasteiger partial charge in [-0.15, -0.1) is 6.42 Å². The van der Waals surface area contributed by atoms with Gasteiger partial charge in [-0.3, -0.25) is 9.36 Å². The first-order valence-electron chi connectivity index (χ1n) is 6.58. The number of nitrogens with one attached hydrogen (secondary N) is 1. The van der Waals surface area contributed by atoms with Crippen molar-refractivity contribution in [2.24, 2.45) is 0 Å². The van der Waals surface area contributed by atoms with E-state index in [1.165, 1.54) is 10.9 Å². The van der Waals surface area contributed by atoms with Gasteiger partial charge in [0.15, 0.2) is 17.4 Å². The van der Waals surface area contributed by atoms with Crippen molar-refractivity contribution in [3.8, 4) is 12.3 Å². The maximum Gasteiger partial charge on any atom is 0.279 e. The highest BCUT2D eigenvalue weighted by atomic mass is 16.6. The molecule has 4 atom stereocenters. The molecule has 0 spiro atoms. The van der Waals surface area contributed by atoms with Crippen LogP contribution in [0.4, 0.5) is 0 Å². The van der Waals surface area contributed by atoms with Crippen LogP contribution < -0.4 is 5.56 Å². The summed E-state index contributed by atoms with van der Waals surface area (Å²) in [6, 6.07) is 0. The molecule has 22 heavy (non-hydrogen) atoms. The van der Waals surface area contributed by atoms with Gasteiger partial charge < -0.3 is 25.0 Å². The molecule has 1 aliphatic heterocycles. The first-order valence-corrected chi connectivity index (χ1v) is 6.58. The van der Waals surface area contributed by atoms with Crippen molar-refractivity contribution in [3.63, 3.8) is 0 Å². The SMILES string of the molecule is C#CCc1nc2c(ncn2[C@@H]2O[C@H](CO)[C@@H](O)[C@H]2O)c(=O)[nH]1. The van der Waals surface area contributed by atoms with Crippen LogP contribution in [0.3, 0.4) is 0 Å². The number of aliphatic hydroxyl groups excluding tert-OH is 3. The van der Waals surface area contributed by atoms with Crippen molar-refractivity contribution in [2.45, 2.75) is 31.0 Å². The Balaban J connectivity index is 2.08. The van der Waals surface area contributed by atoms with Gasteiger partial charge in [0.05, 0.1) is 19.4 Å². The monoisotopic (exact) mass is 306 g/mol. The van der Waals surface area contributed by atoms with E-state index in [9.17, 15) is 15.0 Å². The molecular formula is C13H14N4O5. The zero-order valence-corrected chi connectivity index (χ0v) is 11.4. The fourth-order valence-electron chi connectivity index (χ4n) is 2.45. The van der Waals surface area contributed by atoms with Crippen LogP contribution in [0, 0.1) is 12.3 Å². The molecule has 3 rings (SSSR count). The molecule has 0 amide bonds. The number of imidazole rings is 1. The Labute approximate surface area is 124 Å². The number of fused-ring (bicyclic) bond motifs is 1. The highest BCUT2D eigenvalue weighted by Gasteiger charge is 2.44. The third kappa shape index (κ3) is 2.18. The van der Waals surface area contributed by atoms with E-state index in [4.69, 9.17) is 16.3 Å². The second kappa shape index (κ2) is 5.51. The smallest absolute Gasteiger partial charge is 0.279 e. The van der Waals surface area contributed by atoms with Gasteiger partial charge in [0, 0.05) is 0 Å². The topological polar surface area (TPSA) is 133 Å². The van der Waals surface area contributed by atoms with Crippen molar-refractivity contribution in [2.75, 3.05) is 6.61 Å². The van der Waals surface area contributed by atoms with Crippen molar-refractivity contribution >= 4 is 11.2 Å². The summed E-state index contributed by atoms with van der Waals surface area (Å²) < 4.78 is 6.75. The maximum absolute atomic E-state index is 11.9. The third-order valence-electron chi connectivity index (χ3n) is 3.54. The number of hydrogen-bond donors (Lipinski definition) is 4. The fourth-order valence-corrected chi connectivity index (χ4v) is 2.45. The summed E-state index contributed by atoms with van der Waals surface area (Å²) in [5.41, 5.74) is -0.205. The van der Waals surface area contributed by atoms with E-state index in [1.54, 1.807) is 0 Å². The summed E-state index contributed by atoms with van der Waals surface area (Å²) in [4.78, 5) is 22.6. The van der Waals surface area contributed by atoms with E-state index in [1.807, 2.05) is 0 Å². The summed E-state index contributed by atoms with van der Waals surface area (Å²) in [6.45, 7) is -0.447. The Kier molecular flexibility index (Phi) is 3.67. The number of terminal acetylenes is 1. The van der Waals surface area contributed by atoms with E-state index in [0.717, 1.165) is 0 Å². The van der Waals surface area contributed by atoms with Gasteiger partial charge >= 0.3 is 0 Å². The highest BCUT2D eigenvalue weighted by Crippen LogP contribution is 2.30. The van der Waals surface area contributed by atoms with Crippen LogP contribution >= 0.6 is 0 Å². The molecule has 0 saturated carbocycles. The lowest BCUT2D eigenvalue weighted by Gasteiger charge is -2.16. The average Bonchev–Trinajstić information content (AvgIpc) is 3.03. The van der Waals surface area contributed by atoms with Gasteiger partial charge in [-0.25, -0.2) is 9.97 Å². The van der Waals surface area contributed by atoms with E-state index < -0.39 is 36.7 Å². The molecule has 116 valence electrons. The summed E-state index contributed by atoms with van der Waals surface area (Å²) in [5.74, 6) is 2.66. The Morgan fingerprint density at radius 3 is 2.86 bits per heavy atom. The first kappa shape index (κ1) is 14.7. The van der Waals surface area contributed by atoms with Gasteiger partial charge in [0.2, 0.25) is 0 Å². The molecule has 4 N–H and O–H groups in total. The number of aliphatic hydroxyl groups is 3. The number of nitrogens with zero attached hydrogens (tertiary/aromatic N) is 3. The molecule has 1 fully saturated rings. The molecule has 2 aromatic rings. The first-order chi connectivity index (χ1) is 10.6.